The van der Waals surface area contributed by atoms with E-state index in [0.717, 1.165) is 16.6 Å². The number of ketones is 1. The fourth-order valence-electron chi connectivity index (χ4n) is 2.00. The second-order valence-electron chi connectivity index (χ2n) is 4.54. The van der Waals surface area contributed by atoms with Crippen molar-refractivity contribution in [1.82, 2.24) is 20.3 Å². The Labute approximate surface area is 120 Å². The van der Waals surface area contributed by atoms with Crippen molar-refractivity contribution in [2.45, 2.75) is 13.0 Å². The van der Waals surface area contributed by atoms with Crippen LogP contribution in [0.4, 0.5) is 0 Å². The number of aromatic amines is 1. The average molecular weight is 286 g/mol. The van der Waals surface area contributed by atoms with Crippen molar-refractivity contribution in [3.05, 3.63) is 46.3 Å². The molecule has 0 bridgehead atoms. The van der Waals surface area contributed by atoms with Gasteiger partial charge in [0.15, 0.2) is 5.01 Å². The summed E-state index contributed by atoms with van der Waals surface area (Å²) in [5.41, 5.74) is 2.41. The molecule has 1 atom stereocenters. The summed E-state index contributed by atoms with van der Waals surface area (Å²) in [5.74, 6) is -0.0659. The van der Waals surface area contributed by atoms with E-state index in [9.17, 15) is 4.79 Å². The minimum Gasteiger partial charge on any atom is -0.360 e. The molecule has 0 aromatic carbocycles. The summed E-state index contributed by atoms with van der Waals surface area (Å²) in [5, 5.41) is 6.37. The molecule has 0 fully saturated rings. The van der Waals surface area contributed by atoms with E-state index >= 15 is 0 Å². The van der Waals surface area contributed by atoms with Crippen LogP contribution in [0.1, 0.15) is 34.0 Å². The lowest BCUT2D eigenvalue weighted by atomic mass is 10.1. The Hall–Kier alpha value is -2.05. The van der Waals surface area contributed by atoms with Crippen LogP contribution < -0.4 is 5.32 Å². The van der Waals surface area contributed by atoms with Crippen molar-refractivity contribution in [3.8, 4) is 0 Å². The maximum atomic E-state index is 12.5. The van der Waals surface area contributed by atoms with E-state index in [1.807, 2.05) is 25.4 Å². The molecule has 0 aliphatic rings. The molecular formula is C14H14N4OS. The normalized spacial score (nSPS) is 12.7. The molecule has 3 aromatic heterocycles. The minimum absolute atomic E-state index is 0.0659. The second-order valence-corrected chi connectivity index (χ2v) is 5.40. The molecule has 0 aliphatic carbocycles. The van der Waals surface area contributed by atoms with Crippen molar-refractivity contribution in [2.75, 3.05) is 7.05 Å². The molecule has 3 rings (SSSR count). The maximum Gasteiger partial charge on any atom is 0.223 e. The number of carbonyl (C=O) groups excluding carboxylic acids is 1. The average Bonchev–Trinajstić information content (AvgIpc) is 3.12. The molecule has 2 N–H and O–H groups in total. The van der Waals surface area contributed by atoms with Gasteiger partial charge in [-0.15, -0.1) is 11.3 Å². The highest BCUT2D eigenvalue weighted by Crippen LogP contribution is 2.23. The number of thiazole rings is 1. The summed E-state index contributed by atoms with van der Waals surface area (Å²) >= 11 is 1.37. The summed E-state index contributed by atoms with van der Waals surface area (Å²) in [6.07, 6.45) is 5.12. The maximum absolute atomic E-state index is 12.5. The molecule has 3 heterocycles. The Morgan fingerprint density at radius 1 is 1.50 bits per heavy atom. The van der Waals surface area contributed by atoms with Gasteiger partial charge in [0, 0.05) is 40.9 Å². The van der Waals surface area contributed by atoms with Crippen molar-refractivity contribution >= 4 is 28.0 Å². The van der Waals surface area contributed by atoms with Gasteiger partial charge in [-0.3, -0.25) is 9.78 Å². The lowest BCUT2D eigenvalue weighted by Crippen LogP contribution is -2.13. The Morgan fingerprint density at radius 2 is 2.35 bits per heavy atom. The highest BCUT2D eigenvalue weighted by Gasteiger charge is 2.18. The van der Waals surface area contributed by atoms with Gasteiger partial charge in [0.25, 0.3) is 0 Å². The zero-order valence-electron chi connectivity index (χ0n) is 11.2. The number of aromatic nitrogens is 3. The summed E-state index contributed by atoms with van der Waals surface area (Å²) in [7, 11) is 1.87. The highest BCUT2D eigenvalue weighted by molar-refractivity contribution is 7.12. The second kappa shape index (κ2) is 5.15. The van der Waals surface area contributed by atoms with Crippen LogP contribution in [0.5, 0.6) is 0 Å². The predicted octanol–water partition coefficient (Wildman–Crippen LogP) is 2.53. The van der Waals surface area contributed by atoms with Crippen LogP contribution in [0.15, 0.2) is 30.0 Å². The zero-order valence-corrected chi connectivity index (χ0v) is 12.0. The first-order valence-corrected chi connectivity index (χ1v) is 7.17. The number of rotatable bonds is 4. The SMILES string of the molecule is CN[C@@H](C)c1csc(C(=O)c2c[nH]c3ccncc23)n1. The minimum atomic E-state index is -0.0659. The summed E-state index contributed by atoms with van der Waals surface area (Å²) < 4.78 is 0. The first-order chi connectivity index (χ1) is 9.70. The smallest absolute Gasteiger partial charge is 0.223 e. The van der Waals surface area contributed by atoms with Crippen LogP contribution >= 0.6 is 11.3 Å². The van der Waals surface area contributed by atoms with Gasteiger partial charge in [0.1, 0.15) is 0 Å². The molecule has 0 aliphatic heterocycles. The van der Waals surface area contributed by atoms with E-state index in [1.54, 1.807) is 18.6 Å². The predicted molar refractivity (Wildman–Crippen MR) is 79.1 cm³/mol. The van der Waals surface area contributed by atoms with Crippen molar-refractivity contribution in [1.29, 1.82) is 0 Å². The Morgan fingerprint density at radius 3 is 3.15 bits per heavy atom. The molecule has 0 spiro atoms. The van der Waals surface area contributed by atoms with Crippen LogP contribution in [-0.2, 0) is 0 Å². The van der Waals surface area contributed by atoms with E-state index in [1.165, 1.54) is 11.3 Å². The van der Waals surface area contributed by atoms with Crippen LogP contribution in [0.25, 0.3) is 10.9 Å². The molecule has 5 nitrogen and oxygen atoms in total. The number of fused-ring (bicyclic) bond motifs is 1. The lowest BCUT2D eigenvalue weighted by molar-refractivity contribution is 0.103. The summed E-state index contributed by atoms with van der Waals surface area (Å²) in [4.78, 5) is 24.1. The van der Waals surface area contributed by atoms with Gasteiger partial charge < -0.3 is 10.3 Å². The number of nitrogens with zero attached hydrogens (tertiary/aromatic N) is 2. The van der Waals surface area contributed by atoms with E-state index in [-0.39, 0.29) is 11.8 Å². The van der Waals surface area contributed by atoms with Gasteiger partial charge in [-0.1, -0.05) is 0 Å². The number of pyridine rings is 1. The monoisotopic (exact) mass is 286 g/mol. The van der Waals surface area contributed by atoms with Crippen molar-refractivity contribution in [2.24, 2.45) is 0 Å². The van der Waals surface area contributed by atoms with Gasteiger partial charge in [-0.05, 0) is 20.0 Å². The molecule has 3 aromatic rings. The van der Waals surface area contributed by atoms with E-state index in [0.29, 0.717) is 10.6 Å². The van der Waals surface area contributed by atoms with Crippen molar-refractivity contribution < 1.29 is 4.79 Å². The molecular weight excluding hydrogens is 272 g/mol. The van der Waals surface area contributed by atoms with Gasteiger partial charge in [-0.2, -0.15) is 0 Å². The fraction of sp³-hybridized carbons (Fsp3) is 0.214. The lowest BCUT2D eigenvalue weighted by Gasteiger charge is -2.04. The fourth-order valence-corrected chi connectivity index (χ4v) is 2.87. The van der Waals surface area contributed by atoms with Gasteiger partial charge >= 0.3 is 0 Å². The molecule has 20 heavy (non-hydrogen) atoms. The molecule has 0 saturated heterocycles. The molecule has 0 saturated carbocycles. The third-order valence-corrected chi connectivity index (χ3v) is 4.18. The summed E-state index contributed by atoms with van der Waals surface area (Å²) in [6.45, 7) is 2.01. The molecule has 0 unspecified atom stereocenters. The first kappa shape index (κ1) is 13.0. The Balaban J connectivity index is 1.98. The number of hydrogen-bond donors (Lipinski definition) is 2. The number of hydrogen-bond acceptors (Lipinski definition) is 5. The Kier molecular flexibility index (Phi) is 3.33. The first-order valence-electron chi connectivity index (χ1n) is 6.29. The van der Waals surface area contributed by atoms with E-state index in [2.05, 4.69) is 20.3 Å². The van der Waals surface area contributed by atoms with Crippen molar-refractivity contribution in [3.63, 3.8) is 0 Å². The quantitative estimate of drug-likeness (QED) is 0.723. The van der Waals surface area contributed by atoms with Gasteiger partial charge in [-0.25, -0.2) is 4.98 Å². The number of carbonyl (C=O) groups is 1. The summed E-state index contributed by atoms with van der Waals surface area (Å²) in [6, 6.07) is 1.99. The molecule has 0 radical (unpaired) electrons. The third-order valence-electron chi connectivity index (χ3n) is 3.32. The van der Waals surface area contributed by atoms with Crippen LogP contribution in [-0.4, -0.2) is 27.8 Å². The molecule has 6 heteroatoms. The molecule has 0 amide bonds. The number of H-pyrrole nitrogens is 1. The Bertz CT molecular complexity index is 761. The van der Waals surface area contributed by atoms with Gasteiger partial charge in [0.05, 0.1) is 11.3 Å². The molecule has 102 valence electrons. The number of nitrogens with one attached hydrogen (secondary N) is 2. The van der Waals surface area contributed by atoms with Gasteiger partial charge in [0.2, 0.25) is 5.78 Å². The van der Waals surface area contributed by atoms with Crippen LogP contribution in [0.2, 0.25) is 0 Å². The van der Waals surface area contributed by atoms with Crippen LogP contribution in [0.3, 0.4) is 0 Å². The van der Waals surface area contributed by atoms with E-state index in [4.69, 9.17) is 0 Å². The largest absolute Gasteiger partial charge is 0.360 e. The standard InChI is InChI=1S/C14H14N4OS/c1-8(15-2)12-7-20-14(18-12)13(19)10-6-17-11-3-4-16-5-9(10)11/h3-8,15,17H,1-2H3/t8-/m0/s1. The van der Waals surface area contributed by atoms with E-state index < -0.39 is 0 Å². The van der Waals surface area contributed by atoms with Crippen LogP contribution in [0, 0.1) is 0 Å². The zero-order chi connectivity index (χ0) is 14.1. The highest BCUT2D eigenvalue weighted by atomic mass is 32.1. The topological polar surface area (TPSA) is 70.7 Å². The third kappa shape index (κ3) is 2.13.